The van der Waals surface area contributed by atoms with E-state index in [9.17, 15) is 13.2 Å². The number of hydrazine groups is 2. The maximum absolute atomic E-state index is 11.7. The Morgan fingerprint density at radius 1 is 1.33 bits per heavy atom. The summed E-state index contributed by atoms with van der Waals surface area (Å²) in [6, 6.07) is 5.68. The van der Waals surface area contributed by atoms with Crippen LogP contribution in [-0.2, 0) is 14.6 Å². The van der Waals surface area contributed by atoms with Gasteiger partial charge in [0.25, 0.3) is 0 Å². The Bertz CT molecular complexity index is 535. The minimum atomic E-state index is -3.21. The Balaban J connectivity index is 2.04. The number of anilines is 1. The van der Waals surface area contributed by atoms with Crippen molar-refractivity contribution in [1.29, 1.82) is 0 Å². The minimum absolute atomic E-state index is 0.195. The van der Waals surface area contributed by atoms with Gasteiger partial charge in [-0.2, -0.15) is 5.53 Å². The number of nitrogens with one attached hydrogen (secondary N) is 4. The molecule has 1 unspecified atom stereocenters. The van der Waals surface area contributed by atoms with E-state index in [1.54, 1.807) is 12.1 Å². The highest BCUT2D eigenvalue weighted by molar-refractivity contribution is 7.90. The lowest BCUT2D eigenvalue weighted by atomic mass is 10.2. The zero-order chi connectivity index (χ0) is 13.2. The van der Waals surface area contributed by atoms with Crippen molar-refractivity contribution in [3.8, 4) is 0 Å². The number of amides is 1. The second-order valence-electron chi connectivity index (χ2n) is 3.99. The number of rotatable bonds is 3. The first-order chi connectivity index (χ1) is 8.47. The maximum atomic E-state index is 11.7. The van der Waals surface area contributed by atoms with E-state index < -0.39 is 9.84 Å². The van der Waals surface area contributed by atoms with Crippen LogP contribution in [0.5, 0.6) is 0 Å². The van der Waals surface area contributed by atoms with Crippen LogP contribution in [0.3, 0.4) is 0 Å². The molecule has 1 amide bonds. The minimum Gasteiger partial charge on any atom is -0.325 e. The SMILES string of the molecule is CS(=O)(=O)c1ccc(NC(=O)C2CNNN2)cc1. The molecule has 0 aromatic heterocycles. The fourth-order valence-electron chi connectivity index (χ4n) is 1.52. The summed E-state index contributed by atoms with van der Waals surface area (Å²) >= 11 is 0. The number of hydrogen-bond acceptors (Lipinski definition) is 6. The average molecular weight is 270 g/mol. The fraction of sp³-hybridized carbons (Fsp3) is 0.300. The highest BCUT2D eigenvalue weighted by atomic mass is 32.2. The average Bonchev–Trinajstić information content (AvgIpc) is 2.82. The van der Waals surface area contributed by atoms with Crippen LogP contribution in [0, 0.1) is 0 Å². The largest absolute Gasteiger partial charge is 0.325 e. The molecule has 7 nitrogen and oxygen atoms in total. The zero-order valence-electron chi connectivity index (χ0n) is 9.73. The van der Waals surface area contributed by atoms with E-state index in [4.69, 9.17) is 0 Å². The van der Waals surface area contributed by atoms with Gasteiger partial charge in [-0.25, -0.2) is 19.3 Å². The molecule has 1 fully saturated rings. The summed E-state index contributed by atoms with van der Waals surface area (Å²) in [5.74, 6) is -0.195. The van der Waals surface area contributed by atoms with Gasteiger partial charge < -0.3 is 5.32 Å². The lowest BCUT2D eigenvalue weighted by molar-refractivity contribution is -0.117. The van der Waals surface area contributed by atoms with E-state index in [1.165, 1.54) is 12.1 Å². The van der Waals surface area contributed by atoms with Gasteiger partial charge in [-0.1, -0.05) is 0 Å². The van der Waals surface area contributed by atoms with E-state index in [-0.39, 0.29) is 16.8 Å². The summed E-state index contributed by atoms with van der Waals surface area (Å²) in [7, 11) is -3.21. The van der Waals surface area contributed by atoms with Gasteiger partial charge in [0.05, 0.1) is 4.90 Å². The Morgan fingerprint density at radius 3 is 2.50 bits per heavy atom. The van der Waals surface area contributed by atoms with Crippen LogP contribution in [0.2, 0.25) is 0 Å². The maximum Gasteiger partial charge on any atom is 0.244 e. The third kappa shape index (κ3) is 3.05. The van der Waals surface area contributed by atoms with Crippen LogP contribution in [0.4, 0.5) is 5.69 Å². The number of benzene rings is 1. The van der Waals surface area contributed by atoms with Crippen molar-refractivity contribution in [1.82, 2.24) is 16.4 Å². The van der Waals surface area contributed by atoms with E-state index in [0.29, 0.717) is 12.2 Å². The van der Waals surface area contributed by atoms with Crippen LogP contribution < -0.4 is 21.7 Å². The quantitative estimate of drug-likeness (QED) is 0.563. The molecule has 98 valence electrons. The van der Waals surface area contributed by atoms with Crippen LogP contribution in [0.15, 0.2) is 29.2 Å². The molecule has 2 rings (SSSR count). The van der Waals surface area contributed by atoms with Crippen molar-refractivity contribution in [2.45, 2.75) is 10.9 Å². The molecule has 1 heterocycles. The predicted molar refractivity (Wildman–Crippen MR) is 66.2 cm³/mol. The Morgan fingerprint density at radius 2 is 2.00 bits per heavy atom. The van der Waals surface area contributed by atoms with Gasteiger partial charge in [0.15, 0.2) is 9.84 Å². The summed E-state index contributed by atoms with van der Waals surface area (Å²) in [5.41, 5.74) is 8.69. The van der Waals surface area contributed by atoms with Gasteiger partial charge in [0.2, 0.25) is 5.91 Å². The first kappa shape index (κ1) is 13.0. The van der Waals surface area contributed by atoms with E-state index in [0.717, 1.165) is 6.26 Å². The van der Waals surface area contributed by atoms with Crippen molar-refractivity contribution in [2.75, 3.05) is 18.1 Å². The molecule has 1 aromatic carbocycles. The van der Waals surface area contributed by atoms with Gasteiger partial charge in [-0.15, -0.1) is 0 Å². The smallest absolute Gasteiger partial charge is 0.244 e. The van der Waals surface area contributed by atoms with Crippen molar-refractivity contribution in [3.63, 3.8) is 0 Å². The molecule has 1 aliphatic heterocycles. The van der Waals surface area contributed by atoms with Gasteiger partial charge in [-0.05, 0) is 24.3 Å². The second-order valence-corrected chi connectivity index (χ2v) is 6.00. The van der Waals surface area contributed by atoms with Crippen LogP contribution in [0.1, 0.15) is 0 Å². The molecule has 1 aromatic rings. The highest BCUT2D eigenvalue weighted by Crippen LogP contribution is 2.14. The molecule has 0 aliphatic carbocycles. The van der Waals surface area contributed by atoms with E-state index >= 15 is 0 Å². The molecule has 8 heteroatoms. The van der Waals surface area contributed by atoms with Crippen molar-refractivity contribution in [2.24, 2.45) is 0 Å². The fourth-order valence-corrected chi connectivity index (χ4v) is 2.15. The summed E-state index contributed by atoms with van der Waals surface area (Å²) in [6.45, 7) is 0.479. The van der Waals surface area contributed by atoms with Gasteiger partial charge >= 0.3 is 0 Å². The number of carbonyl (C=O) groups excluding carboxylic acids is 1. The Kier molecular flexibility index (Phi) is 3.62. The van der Waals surface area contributed by atoms with Crippen molar-refractivity contribution >= 4 is 21.4 Å². The molecule has 0 radical (unpaired) electrons. The number of carbonyl (C=O) groups is 1. The van der Waals surface area contributed by atoms with Gasteiger partial charge in [0.1, 0.15) is 6.04 Å². The molecule has 4 N–H and O–H groups in total. The van der Waals surface area contributed by atoms with E-state index in [1.807, 2.05) is 0 Å². The lowest BCUT2D eigenvalue weighted by Gasteiger charge is -2.10. The molecule has 18 heavy (non-hydrogen) atoms. The molecule has 0 spiro atoms. The van der Waals surface area contributed by atoms with Crippen molar-refractivity contribution < 1.29 is 13.2 Å². The highest BCUT2D eigenvalue weighted by Gasteiger charge is 2.21. The normalized spacial score (nSPS) is 19.7. The Labute approximate surface area is 105 Å². The summed E-state index contributed by atoms with van der Waals surface area (Å²) in [5, 5.41) is 2.69. The van der Waals surface area contributed by atoms with Gasteiger partial charge in [0, 0.05) is 18.5 Å². The van der Waals surface area contributed by atoms with Crippen molar-refractivity contribution in [3.05, 3.63) is 24.3 Å². The zero-order valence-corrected chi connectivity index (χ0v) is 10.5. The predicted octanol–water partition coefficient (Wildman–Crippen LogP) is -0.990. The third-order valence-corrected chi connectivity index (χ3v) is 3.64. The molecular weight excluding hydrogens is 256 g/mol. The molecule has 0 saturated carbocycles. The summed E-state index contributed by atoms with van der Waals surface area (Å²) in [6.07, 6.45) is 1.14. The standard InChI is InChI=1S/C10H14N4O3S/c1-18(16,17)8-4-2-7(3-5-8)12-10(15)9-6-11-14-13-9/h2-5,9,11,13-14H,6H2,1H3,(H,12,15). The third-order valence-electron chi connectivity index (χ3n) is 2.51. The molecule has 1 saturated heterocycles. The van der Waals surface area contributed by atoms with E-state index in [2.05, 4.69) is 21.7 Å². The first-order valence-electron chi connectivity index (χ1n) is 5.31. The first-order valence-corrected chi connectivity index (χ1v) is 7.20. The van der Waals surface area contributed by atoms with Crippen LogP contribution in [0.25, 0.3) is 0 Å². The molecule has 1 atom stereocenters. The Hall–Kier alpha value is -1.48. The van der Waals surface area contributed by atoms with Gasteiger partial charge in [-0.3, -0.25) is 4.79 Å². The second kappa shape index (κ2) is 5.02. The molecule has 0 bridgehead atoms. The summed E-state index contributed by atoms with van der Waals surface area (Å²) < 4.78 is 22.5. The lowest BCUT2D eigenvalue weighted by Crippen LogP contribution is -2.40. The molecule has 1 aliphatic rings. The monoisotopic (exact) mass is 270 g/mol. The topological polar surface area (TPSA) is 99.3 Å². The molecular formula is C10H14N4O3S. The number of hydrogen-bond donors (Lipinski definition) is 4. The van der Waals surface area contributed by atoms with Crippen LogP contribution in [-0.4, -0.2) is 33.2 Å². The number of sulfone groups is 1. The summed E-state index contributed by atoms with van der Waals surface area (Å²) in [4.78, 5) is 11.9. The van der Waals surface area contributed by atoms with Crippen LogP contribution >= 0.6 is 0 Å².